The van der Waals surface area contributed by atoms with Crippen LogP contribution in [0.4, 0.5) is 5.69 Å². The van der Waals surface area contributed by atoms with Crippen LogP contribution in [0.2, 0.25) is 0 Å². The molecule has 1 aliphatic rings. The molecule has 0 unspecified atom stereocenters. The van der Waals surface area contributed by atoms with Crippen molar-refractivity contribution in [2.45, 2.75) is 34.1 Å². The van der Waals surface area contributed by atoms with Crippen LogP contribution >= 0.6 is 0 Å². The minimum absolute atomic E-state index is 1.02. The fourth-order valence-electron chi connectivity index (χ4n) is 2.02. The molecule has 0 bridgehead atoms. The minimum atomic E-state index is 1.02. The van der Waals surface area contributed by atoms with Gasteiger partial charge in [0.2, 0.25) is 0 Å². The molecule has 1 aromatic rings. The van der Waals surface area contributed by atoms with E-state index in [1.54, 1.807) is 0 Å². The Balaban J connectivity index is 2.82. The number of fused-ring (bicyclic) bond motifs is 1. The van der Waals surface area contributed by atoms with Crippen molar-refractivity contribution in [3.05, 3.63) is 27.8 Å². The number of hydrogen-bond donors (Lipinski definition) is 0. The monoisotopic (exact) mass is 173 g/mol. The molecule has 0 N–H and O–H groups in total. The summed E-state index contributed by atoms with van der Waals surface area (Å²) in [5.74, 6) is 0. The standard InChI is InChI=1S/C12H15N/c1-7-8(2)10(4)12-11(9(7)3)5-6-13-12/h6H,5H2,1-4H3. The van der Waals surface area contributed by atoms with Crippen LogP contribution < -0.4 is 0 Å². The minimum Gasteiger partial charge on any atom is -0.260 e. The Morgan fingerprint density at radius 2 is 1.54 bits per heavy atom. The fraction of sp³-hybridized carbons (Fsp3) is 0.417. The predicted octanol–water partition coefficient (Wildman–Crippen LogP) is 3.18. The van der Waals surface area contributed by atoms with Crippen LogP contribution in [0.25, 0.3) is 0 Å². The quantitative estimate of drug-likeness (QED) is 0.571. The van der Waals surface area contributed by atoms with Gasteiger partial charge in [-0.05, 0) is 55.5 Å². The van der Waals surface area contributed by atoms with Gasteiger partial charge in [0.15, 0.2) is 0 Å². The van der Waals surface area contributed by atoms with Crippen LogP contribution in [0.5, 0.6) is 0 Å². The Kier molecular flexibility index (Phi) is 1.76. The van der Waals surface area contributed by atoms with E-state index in [4.69, 9.17) is 0 Å². The first-order chi connectivity index (χ1) is 6.13. The summed E-state index contributed by atoms with van der Waals surface area (Å²) in [7, 11) is 0. The molecule has 2 rings (SSSR count). The molecule has 13 heavy (non-hydrogen) atoms. The summed E-state index contributed by atoms with van der Waals surface area (Å²) in [5, 5.41) is 0. The molecule has 0 amide bonds. The predicted molar refractivity (Wildman–Crippen MR) is 57.2 cm³/mol. The van der Waals surface area contributed by atoms with E-state index in [1.165, 1.54) is 33.5 Å². The largest absolute Gasteiger partial charge is 0.260 e. The smallest absolute Gasteiger partial charge is 0.0696 e. The molecule has 0 spiro atoms. The average Bonchev–Trinajstić information content (AvgIpc) is 2.59. The van der Waals surface area contributed by atoms with Crippen LogP contribution in [-0.4, -0.2) is 6.21 Å². The molecule has 1 aromatic carbocycles. The first kappa shape index (κ1) is 8.49. The molecule has 0 atom stereocenters. The first-order valence-corrected chi connectivity index (χ1v) is 4.74. The molecule has 1 heterocycles. The van der Waals surface area contributed by atoms with E-state index in [9.17, 15) is 0 Å². The molecule has 1 nitrogen and oxygen atoms in total. The molecule has 0 aliphatic carbocycles. The molecule has 0 saturated heterocycles. The van der Waals surface area contributed by atoms with Crippen molar-refractivity contribution in [3.63, 3.8) is 0 Å². The lowest BCUT2D eigenvalue weighted by Gasteiger charge is -2.13. The summed E-state index contributed by atoms with van der Waals surface area (Å²) < 4.78 is 0. The van der Waals surface area contributed by atoms with Gasteiger partial charge in [0.25, 0.3) is 0 Å². The second-order valence-corrected chi connectivity index (χ2v) is 3.84. The maximum absolute atomic E-state index is 4.44. The third-order valence-corrected chi connectivity index (χ3v) is 3.30. The van der Waals surface area contributed by atoms with E-state index in [0.29, 0.717) is 0 Å². The van der Waals surface area contributed by atoms with E-state index < -0.39 is 0 Å². The maximum atomic E-state index is 4.44. The van der Waals surface area contributed by atoms with Crippen molar-refractivity contribution in [1.82, 2.24) is 0 Å². The number of benzene rings is 1. The van der Waals surface area contributed by atoms with Gasteiger partial charge in [0, 0.05) is 12.6 Å². The Morgan fingerprint density at radius 3 is 2.23 bits per heavy atom. The second kappa shape index (κ2) is 2.69. The fourth-order valence-corrected chi connectivity index (χ4v) is 2.02. The van der Waals surface area contributed by atoms with E-state index in [2.05, 4.69) is 32.7 Å². The molecule has 0 aromatic heterocycles. The molecule has 1 aliphatic heterocycles. The van der Waals surface area contributed by atoms with Crippen molar-refractivity contribution in [2.24, 2.45) is 4.99 Å². The van der Waals surface area contributed by atoms with Gasteiger partial charge in [-0.3, -0.25) is 4.99 Å². The van der Waals surface area contributed by atoms with Gasteiger partial charge in [-0.15, -0.1) is 0 Å². The van der Waals surface area contributed by atoms with Gasteiger partial charge in [0.1, 0.15) is 0 Å². The van der Waals surface area contributed by atoms with E-state index in [0.717, 1.165) is 6.42 Å². The molecule has 0 radical (unpaired) electrons. The van der Waals surface area contributed by atoms with Crippen molar-refractivity contribution in [3.8, 4) is 0 Å². The van der Waals surface area contributed by atoms with Crippen LogP contribution in [-0.2, 0) is 6.42 Å². The van der Waals surface area contributed by atoms with Gasteiger partial charge in [0.05, 0.1) is 5.69 Å². The lowest BCUT2D eigenvalue weighted by atomic mass is 9.92. The summed E-state index contributed by atoms with van der Waals surface area (Å²) >= 11 is 0. The molecule has 0 saturated carbocycles. The third kappa shape index (κ3) is 1.03. The maximum Gasteiger partial charge on any atom is 0.0696 e. The first-order valence-electron chi connectivity index (χ1n) is 4.74. The Hall–Kier alpha value is -1.11. The highest BCUT2D eigenvalue weighted by Gasteiger charge is 2.16. The summed E-state index contributed by atoms with van der Waals surface area (Å²) in [4.78, 5) is 4.44. The topological polar surface area (TPSA) is 12.4 Å². The normalized spacial score (nSPS) is 13.5. The lowest BCUT2D eigenvalue weighted by molar-refractivity contribution is 1.17. The van der Waals surface area contributed by atoms with Gasteiger partial charge in [-0.25, -0.2) is 0 Å². The molecular weight excluding hydrogens is 158 g/mol. The zero-order valence-corrected chi connectivity index (χ0v) is 8.73. The molecular formula is C12H15N. The van der Waals surface area contributed by atoms with Crippen LogP contribution in [0.3, 0.4) is 0 Å². The van der Waals surface area contributed by atoms with Crippen LogP contribution in [0.1, 0.15) is 27.8 Å². The van der Waals surface area contributed by atoms with Crippen molar-refractivity contribution in [1.29, 1.82) is 0 Å². The highest BCUT2D eigenvalue weighted by Crippen LogP contribution is 2.35. The molecule has 1 heteroatoms. The van der Waals surface area contributed by atoms with Crippen LogP contribution in [0, 0.1) is 27.7 Å². The Morgan fingerprint density at radius 1 is 0.923 bits per heavy atom. The molecule has 0 fully saturated rings. The van der Waals surface area contributed by atoms with Crippen molar-refractivity contribution < 1.29 is 0 Å². The van der Waals surface area contributed by atoms with Crippen molar-refractivity contribution >= 4 is 11.9 Å². The second-order valence-electron chi connectivity index (χ2n) is 3.84. The zero-order valence-electron chi connectivity index (χ0n) is 8.73. The van der Waals surface area contributed by atoms with E-state index >= 15 is 0 Å². The zero-order chi connectivity index (χ0) is 9.59. The lowest BCUT2D eigenvalue weighted by Crippen LogP contribution is -1.96. The number of hydrogen-bond acceptors (Lipinski definition) is 1. The highest BCUT2D eigenvalue weighted by atomic mass is 14.8. The number of nitrogens with zero attached hydrogens (tertiary/aromatic N) is 1. The average molecular weight is 173 g/mol. The molecule has 68 valence electrons. The summed E-state index contributed by atoms with van der Waals surface area (Å²) in [5.41, 5.74) is 8.26. The third-order valence-electron chi connectivity index (χ3n) is 3.30. The van der Waals surface area contributed by atoms with E-state index in [1.807, 2.05) is 6.21 Å². The summed E-state index contributed by atoms with van der Waals surface area (Å²) in [6.45, 7) is 8.76. The Labute approximate surface area is 79.5 Å². The highest BCUT2D eigenvalue weighted by molar-refractivity contribution is 5.80. The summed E-state index contributed by atoms with van der Waals surface area (Å²) in [6, 6.07) is 0. The Bertz CT molecular complexity index is 400. The van der Waals surface area contributed by atoms with Gasteiger partial charge < -0.3 is 0 Å². The SMILES string of the molecule is Cc1c(C)c(C)c2c(c1C)CC=N2. The van der Waals surface area contributed by atoms with Gasteiger partial charge >= 0.3 is 0 Å². The van der Waals surface area contributed by atoms with Gasteiger partial charge in [-0.1, -0.05) is 0 Å². The number of aliphatic imine (C=N–C) groups is 1. The van der Waals surface area contributed by atoms with E-state index in [-0.39, 0.29) is 0 Å². The van der Waals surface area contributed by atoms with Gasteiger partial charge in [-0.2, -0.15) is 0 Å². The van der Waals surface area contributed by atoms with Crippen molar-refractivity contribution in [2.75, 3.05) is 0 Å². The van der Waals surface area contributed by atoms with Crippen LogP contribution in [0.15, 0.2) is 4.99 Å². The summed E-state index contributed by atoms with van der Waals surface area (Å²) in [6.07, 6.45) is 3.03. The number of rotatable bonds is 0.